The Morgan fingerprint density at radius 2 is 2.24 bits per heavy atom. The van der Waals surface area contributed by atoms with E-state index in [4.69, 9.17) is 11.6 Å². The fraction of sp³-hybridized carbons (Fsp3) is 0.0833. The van der Waals surface area contributed by atoms with Gasteiger partial charge in [-0.1, -0.05) is 35.0 Å². The number of rotatable bonds is 3. The van der Waals surface area contributed by atoms with Gasteiger partial charge >= 0.3 is 11.8 Å². The third kappa shape index (κ3) is 2.91. The normalized spacial score (nSPS) is 10.7. The number of thiophene rings is 1. The first-order valence-electron chi connectivity index (χ1n) is 5.90. The second-order valence-corrected chi connectivity index (χ2v) is 5.52. The molecule has 108 valence electrons. The number of aromatic amines is 1. The monoisotopic (exact) mass is 324 g/mol. The highest BCUT2D eigenvalue weighted by molar-refractivity contribution is 7.23. The van der Waals surface area contributed by atoms with Gasteiger partial charge in [-0.25, -0.2) is 9.59 Å². The molecule has 0 aliphatic rings. The molecule has 1 aromatic carbocycles. The fourth-order valence-electron chi connectivity index (χ4n) is 1.74. The molecule has 0 spiro atoms. The zero-order valence-corrected chi connectivity index (χ0v) is 12.0. The van der Waals surface area contributed by atoms with Crippen LogP contribution in [0.15, 0.2) is 33.6 Å². The van der Waals surface area contributed by atoms with E-state index in [2.05, 4.69) is 25.3 Å². The first kappa shape index (κ1) is 13.7. The Morgan fingerprint density at radius 3 is 2.95 bits per heavy atom. The van der Waals surface area contributed by atoms with E-state index in [9.17, 15) is 9.59 Å². The Hall–Kier alpha value is -2.32. The SMILES string of the molecule is O=C(NCc1noc(=O)[nH]1)Nc1sc2ccccc2c1Cl. The molecule has 0 unspecified atom stereocenters. The van der Waals surface area contributed by atoms with Gasteiger partial charge in [0.05, 0.1) is 11.6 Å². The smallest absolute Gasteiger partial charge is 0.330 e. The van der Waals surface area contributed by atoms with Crippen molar-refractivity contribution in [2.45, 2.75) is 6.54 Å². The summed E-state index contributed by atoms with van der Waals surface area (Å²) in [5.74, 6) is -0.433. The van der Waals surface area contributed by atoms with Crippen LogP contribution in [0.1, 0.15) is 5.82 Å². The predicted octanol–water partition coefficient (Wildman–Crippen LogP) is 2.55. The lowest BCUT2D eigenvalue weighted by Crippen LogP contribution is -2.28. The number of fused-ring (bicyclic) bond motifs is 1. The molecule has 0 radical (unpaired) electrons. The molecule has 0 aliphatic heterocycles. The summed E-state index contributed by atoms with van der Waals surface area (Å²) in [4.78, 5) is 24.9. The van der Waals surface area contributed by atoms with Crippen molar-refractivity contribution in [1.29, 1.82) is 0 Å². The number of aromatic nitrogens is 2. The molecular formula is C12H9ClN4O3S. The number of benzene rings is 1. The minimum atomic E-state index is -0.667. The molecule has 3 aromatic rings. The first-order chi connectivity index (χ1) is 10.1. The summed E-state index contributed by atoms with van der Waals surface area (Å²) in [6.07, 6.45) is 0. The first-order valence-corrected chi connectivity index (χ1v) is 7.09. The van der Waals surface area contributed by atoms with Crippen molar-refractivity contribution in [3.05, 3.63) is 45.7 Å². The molecule has 2 heterocycles. The quantitative estimate of drug-likeness (QED) is 0.689. The van der Waals surface area contributed by atoms with Crippen LogP contribution in [0.5, 0.6) is 0 Å². The van der Waals surface area contributed by atoms with Crippen molar-refractivity contribution < 1.29 is 9.32 Å². The molecule has 7 nitrogen and oxygen atoms in total. The molecule has 3 rings (SSSR count). The van der Waals surface area contributed by atoms with E-state index < -0.39 is 11.8 Å². The standard InChI is InChI=1S/C12H9ClN4O3S/c13-9-6-3-1-2-4-7(6)21-10(9)16-11(18)14-5-8-15-12(19)20-17-8/h1-4H,5H2,(H2,14,16,18)(H,15,17,19). The van der Waals surface area contributed by atoms with Gasteiger partial charge in [0.25, 0.3) is 0 Å². The van der Waals surface area contributed by atoms with Gasteiger partial charge in [0.1, 0.15) is 5.00 Å². The Bertz CT molecular complexity index is 853. The van der Waals surface area contributed by atoms with Crippen LogP contribution in [0.25, 0.3) is 10.1 Å². The van der Waals surface area contributed by atoms with Gasteiger partial charge in [-0.15, -0.1) is 11.3 Å². The average molecular weight is 325 g/mol. The lowest BCUT2D eigenvalue weighted by atomic mass is 10.3. The van der Waals surface area contributed by atoms with Crippen LogP contribution in [0.4, 0.5) is 9.80 Å². The Balaban J connectivity index is 1.68. The number of halogens is 1. The summed E-state index contributed by atoms with van der Waals surface area (Å²) in [5.41, 5.74) is 0. The van der Waals surface area contributed by atoms with Gasteiger partial charge in [0, 0.05) is 10.1 Å². The highest BCUT2D eigenvalue weighted by Gasteiger charge is 2.12. The summed E-state index contributed by atoms with van der Waals surface area (Å²) in [7, 11) is 0. The molecule has 0 saturated heterocycles. The largest absolute Gasteiger partial charge is 0.438 e. The Morgan fingerprint density at radius 1 is 1.43 bits per heavy atom. The maximum Gasteiger partial charge on any atom is 0.438 e. The Labute approximate surface area is 126 Å². The van der Waals surface area contributed by atoms with Gasteiger partial charge in [-0.2, -0.15) is 0 Å². The molecule has 3 N–H and O–H groups in total. The summed E-state index contributed by atoms with van der Waals surface area (Å²) in [5, 5.41) is 10.6. The number of carbonyl (C=O) groups excluding carboxylic acids is 1. The van der Waals surface area contributed by atoms with Gasteiger partial charge in [-0.05, 0) is 6.07 Å². The van der Waals surface area contributed by atoms with E-state index >= 15 is 0 Å². The van der Waals surface area contributed by atoms with Gasteiger partial charge in [0.15, 0.2) is 5.82 Å². The number of hydrogen-bond acceptors (Lipinski definition) is 5. The minimum Gasteiger partial charge on any atom is -0.330 e. The number of nitrogens with one attached hydrogen (secondary N) is 3. The Kier molecular flexibility index (Phi) is 3.63. The van der Waals surface area contributed by atoms with Crippen LogP contribution >= 0.6 is 22.9 Å². The molecule has 0 fully saturated rings. The van der Waals surface area contributed by atoms with Crippen LogP contribution in [0.2, 0.25) is 5.02 Å². The number of anilines is 1. The number of amides is 2. The van der Waals surface area contributed by atoms with Crippen molar-refractivity contribution in [1.82, 2.24) is 15.5 Å². The highest BCUT2D eigenvalue weighted by atomic mass is 35.5. The van der Waals surface area contributed by atoms with Crippen LogP contribution < -0.4 is 16.4 Å². The number of hydrogen-bond donors (Lipinski definition) is 3. The number of urea groups is 1. The van der Waals surface area contributed by atoms with Gasteiger partial charge < -0.3 is 5.32 Å². The minimum absolute atomic E-state index is 0.0418. The average Bonchev–Trinajstić information content (AvgIpc) is 3.02. The summed E-state index contributed by atoms with van der Waals surface area (Å²) in [6.45, 7) is 0.0418. The third-order valence-electron chi connectivity index (χ3n) is 2.66. The van der Waals surface area contributed by atoms with E-state index in [1.807, 2.05) is 24.3 Å². The molecular weight excluding hydrogens is 316 g/mol. The number of nitrogens with zero attached hydrogens (tertiary/aromatic N) is 1. The van der Waals surface area contributed by atoms with E-state index in [1.54, 1.807) is 0 Å². The van der Waals surface area contributed by atoms with Gasteiger partial charge in [-0.3, -0.25) is 14.8 Å². The van der Waals surface area contributed by atoms with Crippen LogP contribution in [0.3, 0.4) is 0 Å². The van der Waals surface area contributed by atoms with Crippen molar-refractivity contribution in [3.63, 3.8) is 0 Å². The summed E-state index contributed by atoms with van der Waals surface area (Å²) in [6, 6.07) is 7.14. The fourth-order valence-corrected chi connectivity index (χ4v) is 3.12. The molecule has 0 atom stereocenters. The number of H-pyrrole nitrogens is 1. The van der Waals surface area contributed by atoms with Gasteiger partial charge in [0.2, 0.25) is 0 Å². The van der Waals surface area contributed by atoms with Crippen LogP contribution in [0, 0.1) is 0 Å². The van der Waals surface area contributed by atoms with Crippen LogP contribution in [-0.4, -0.2) is 16.2 Å². The molecule has 0 bridgehead atoms. The predicted molar refractivity (Wildman–Crippen MR) is 79.8 cm³/mol. The molecule has 0 saturated carbocycles. The van der Waals surface area contributed by atoms with E-state index in [0.717, 1.165) is 10.1 Å². The molecule has 2 amide bonds. The van der Waals surface area contributed by atoms with Crippen LogP contribution in [-0.2, 0) is 6.54 Å². The molecule has 2 aromatic heterocycles. The molecule has 0 aliphatic carbocycles. The lowest BCUT2D eigenvalue weighted by Gasteiger charge is -2.04. The topological polar surface area (TPSA) is 100 Å². The maximum absolute atomic E-state index is 11.8. The van der Waals surface area contributed by atoms with E-state index in [0.29, 0.717) is 10.0 Å². The molecule has 21 heavy (non-hydrogen) atoms. The second kappa shape index (κ2) is 5.58. The zero-order chi connectivity index (χ0) is 14.8. The number of carbonyl (C=O) groups is 1. The summed E-state index contributed by atoms with van der Waals surface area (Å²) >= 11 is 7.60. The van der Waals surface area contributed by atoms with Crippen molar-refractivity contribution in [2.75, 3.05) is 5.32 Å². The second-order valence-electron chi connectivity index (χ2n) is 4.09. The van der Waals surface area contributed by atoms with Crippen molar-refractivity contribution in [2.24, 2.45) is 0 Å². The lowest BCUT2D eigenvalue weighted by molar-refractivity contribution is 0.251. The summed E-state index contributed by atoms with van der Waals surface area (Å²) < 4.78 is 5.31. The maximum atomic E-state index is 11.8. The van der Waals surface area contributed by atoms with E-state index in [1.165, 1.54) is 11.3 Å². The molecule has 9 heteroatoms. The third-order valence-corrected chi connectivity index (χ3v) is 4.25. The van der Waals surface area contributed by atoms with Crippen molar-refractivity contribution >= 4 is 44.1 Å². The van der Waals surface area contributed by atoms with E-state index in [-0.39, 0.29) is 12.4 Å². The zero-order valence-electron chi connectivity index (χ0n) is 10.5. The van der Waals surface area contributed by atoms with Crippen molar-refractivity contribution in [3.8, 4) is 0 Å². The highest BCUT2D eigenvalue weighted by Crippen LogP contribution is 2.39.